The molecule has 2 aromatic carbocycles. The van der Waals surface area contributed by atoms with Crippen LogP contribution in [0.5, 0.6) is 0 Å². The number of fused-ring (bicyclic) bond motifs is 5. The Labute approximate surface area is 112 Å². The van der Waals surface area contributed by atoms with Gasteiger partial charge in [0.2, 0.25) is 0 Å². The van der Waals surface area contributed by atoms with Crippen molar-refractivity contribution in [2.45, 2.75) is 19.3 Å². The van der Waals surface area contributed by atoms with Gasteiger partial charge in [-0.25, -0.2) is 0 Å². The number of rotatable bonds is 0. The van der Waals surface area contributed by atoms with Crippen molar-refractivity contribution < 1.29 is 0 Å². The highest BCUT2D eigenvalue weighted by Crippen LogP contribution is 2.38. The number of allylic oxidation sites excluding steroid dienone is 1. The third kappa shape index (κ3) is 1.24. The third-order valence-electron chi connectivity index (χ3n) is 4.66. The van der Waals surface area contributed by atoms with Crippen LogP contribution in [-0.4, -0.2) is 0 Å². The summed E-state index contributed by atoms with van der Waals surface area (Å²) < 4.78 is 0. The van der Waals surface area contributed by atoms with Crippen LogP contribution in [0.4, 0.5) is 0 Å². The molecule has 0 N–H and O–H groups in total. The van der Waals surface area contributed by atoms with Crippen LogP contribution < -0.4 is 10.4 Å². The van der Waals surface area contributed by atoms with Crippen LogP contribution in [-0.2, 0) is 12.8 Å². The van der Waals surface area contributed by atoms with E-state index in [1.54, 1.807) is 0 Å². The summed E-state index contributed by atoms with van der Waals surface area (Å²) >= 11 is 0. The molecule has 0 aromatic heterocycles. The fourth-order valence-corrected chi connectivity index (χ4v) is 3.70. The molecular formula is C19H14. The lowest BCUT2D eigenvalue weighted by atomic mass is 9.99. The van der Waals surface area contributed by atoms with E-state index in [1.165, 1.54) is 43.8 Å². The Morgan fingerprint density at radius 2 is 1.53 bits per heavy atom. The molecule has 5 rings (SSSR count). The zero-order chi connectivity index (χ0) is 12.4. The molecule has 2 aromatic rings. The van der Waals surface area contributed by atoms with Gasteiger partial charge in [-0.1, -0.05) is 36.4 Å². The maximum Gasteiger partial charge on any atom is -0.00130 e. The molecule has 0 fully saturated rings. The van der Waals surface area contributed by atoms with Crippen molar-refractivity contribution >= 4 is 18.2 Å². The zero-order valence-corrected chi connectivity index (χ0v) is 10.7. The molecule has 90 valence electrons. The van der Waals surface area contributed by atoms with Crippen LogP contribution in [0.25, 0.3) is 29.4 Å². The van der Waals surface area contributed by atoms with Gasteiger partial charge in [0.25, 0.3) is 0 Å². The molecule has 0 radical (unpaired) electrons. The van der Waals surface area contributed by atoms with E-state index in [2.05, 4.69) is 48.6 Å². The first-order chi connectivity index (χ1) is 9.38. The van der Waals surface area contributed by atoms with Gasteiger partial charge in [0.05, 0.1) is 0 Å². The van der Waals surface area contributed by atoms with Crippen LogP contribution >= 0.6 is 0 Å². The fraction of sp³-hybridized carbons (Fsp3) is 0.158. The smallest absolute Gasteiger partial charge is 0.00130 e. The molecule has 3 aliphatic rings. The lowest BCUT2D eigenvalue weighted by molar-refractivity contribution is 1.24. The quantitative estimate of drug-likeness (QED) is 0.568. The van der Waals surface area contributed by atoms with E-state index in [4.69, 9.17) is 0 Å². The standard InChI is InChI=1S/C19H14/c1-3-12-7-16-9-17-8-13-4-2-6-15(13)11-19(17)18(16)10-14(12)5-1/h1,3-4,6-8,10-11H,2,5,9H2. The van der Waals surface area contributed by atoms with Gasteiger partial charge in [-0.2, -0.15) is 0 Å². The second kappa shape index (κ2) is 3.27. The van der Waals surface area contributed by atoms with Gasteiger partial charge in [-0.3, -0.25) is 0 Å². The molecule has 0 nitrogen and oxygen atoms in total. The van der Waals surface area contributed by atoms with Gasteiger partial charge in [0, 0.05) is 0 Å². The largest absolute Gasteiger partial charge is 0.0795 e. The Balaban J connectivity index is 1.82. The molecule has 0 atom stereocenters. The number of hydrogen-bond donors (Lipinski definition) is 0. The molecular weight excluding hydrogens is 228 g/mol. The molecule has 0 spiro atoms. The highest BCUT2D eigenvalue weighted by atomic mass is 14.2. The minimum Gasteiger partial charge on any atom is -0.0795 e. The first-order valence-electron chi connectivity index (χ1n) is 7.04. The lowest BCUT2D eigenvalue weighted by Crippen LogP contribution is -2.21. The van der Waals surface area contributed by atoms with Gasteiger partial charge in [-0.05, 0) is 75.2 Å². The van der Waals surface area contributed by atoms with Crippen LogP contribution in [0.2, 0.25) is 0 Å². The molecule has 0 saturated heterocycles. The van der Waals surface area contributed by atoms with E-state index >= 15 is 0 Å². The Morgan fingerprint density at radius 3 is 2.47 bits per heavy atom. The summed E-state index contributed by atoms with van der Waals surface area (Å²) in [5, 5.41) is 2.85. The van der Waals surface area contributed by atoms with Crippen molar-refractivity contribution in [3.05, 3.63) is 63.0 Å². The Morgan fingerprint density at radius 1 is 0.737 bits per heavy atom. The topological polar surface area (TPSA) is 0 Å². The summed E-state index contributed by atoms with van der Waals surface area (Å²) in [5.41, 5.74) is 8.87. The van der Waals surface area contributed by atoms with Crippen LogP contribution in [0.3, 0.4) is 0 Å². The van der Waals surface area contributed by atoms with Gasteiger partial charge in [0.1, 0.15) is 0 Å². The van der Waals surface area contributed by atoms with Crippen LogP contribution in [0.15, 0.2) is 30.3 Å². The first-order valence-corrected chi connectivity index (χ1v) is 7.04. The van der Waals surface area contributed by atoms with E-state index in [0.29, 0.717) is 0 Å². The average Bonchev–Trinajstić information content (AvgIpc) is 3.10. The molecule has 0 bridgehead atoms. The highest BCUT2D eigenvalue weighted by molar-refractivity contribution is 5.80. The molecule has 0 heterocycles. The van der Waals surface area contributed by atoms with Crippen molar-refractivity contribution in [1.29, 1.82) is 0 Å². The Hall–Kier alpha value is -2.08. The summed E-state index contributed by atoms with van der Waals surface area (Å²) in [6.45, 7) is 0. The molecule has 0 saturated carbocycles. The van der Waals surface area contributed by atoms with Crippen molar-refractivity contribution in [1.82, 2.24) is 0 Å². The summed E-state index contributed by atoms with van der Waals surface area (Å²) in [6.07, 6.45) is 12.5. The minimum absolute atomic E-state index is 1.10. The lowest BCUT2D eigenvalue weighted by Gasteiger charge is -2.05. The summed E-state index contributed by atoms with van der Waals surface area (Å²) in [4.78, 5) is 0. The second-order valence-electron chi connectivity index (χ2n) is 5.77. The third-order valence-corrected chi connectivity index (χ3v) is 4.66. The van der Waals surface area contributed by atoms with Crippen molar-refractivity contribution in [3.8, 4) is 11.1 Å². The molecule has 0 heteroatoms. The Kier molecular flexibility index (Phi) is 1.69. The van der Waals surface area contributed by atoms with E-state index in [0.717, 1.165) is 19.3 Å². The van der Waals surface area contributed by atoms with E-state index < -0.39 is 0 Å². The molecule has 0 amide bonds. The first kappa shape index (κ1) is 9.80. The van der Waals surface area contributed by atoms with E-state index in [1.807, 2.05) is 0 Å². The maximum absolute atomic E-state index is 2.42. The normalized spacial score (nSPS) is 16.4. The van der Waals surface area contributed by atoms with Crippen LogP contribution in [0.1, 0.15) is 28.7 Å². The minimum atomic E-state index is 1.10. The van der Waals surface area contributed by atoms with Gasteiger partial charge in [-0.15, -0.1) is 0 Å². The SMILES string of the molecule is C1=Cc2cc3c(cc2C1)-c1cc2c(cc1C3)=CCC=2. The summed E-state index contributed by atoms with van der Waals surface area (Å²) in [7, 11) is 0. The zero-order valence-electron chi connectivity index (χ0n) is 10.7. The molecule has 0 aliphatic heterocycles. The van der Waals surface area contributed by atoms with E-state index in [9.17, 15) is 0 Å². The van der Waals surface area contributed by atoms with E-state index in [-0.39, 0.29) is 0 Å². The maximum atomic E-state index is 2.42. The molecule has 0 unspecified atom stereocenters. The fourth-order valence-electron chi connectivity index (χ4n) is 3.70. The van der Waals surface area contributed by atoms with Gasteiger partial charge in [0.15, 0.2) is 0 Å². The van der Waals surface area contributed by atoms with Crippen molar-refractivity contribution in [2.75, 3.05) is 0 Å². The summed E-state index contributed by atoms with van der Waals surface area (Å²) in [5.74, 6) is 0. The second-order valence-corrected chi connectivity index (χ2v) is 5.77. The highest BCUT2D eigenvalue weighted by Gasteiger charge is 2.21. The predicted molar refractivity (Wildman–Crippen MR) is 80.2 cm³/mol. The number of benzene rings is 2. The van der Waals surface area contributed by atoms with Crippen molar-refractivity contribution in [3.63, 3.8) is 0 Å². The number of hydrogen-bond acceptors (Lipinski definition) is 0. The molecule has 3 aliphatic carbocycles. The van der Waals surface area contributed by atoms with Gasteiger partial charge < -0.3 is 0 Å². The van der Waals surface area contributed by atoms with Gasteiger partial charge >= 0.3 is 0 Å². The average molecular weight is 242 g/mol. The van der Waals surface area contributed by atoms with Crippen LogP contribution in [0, 0.1) is 0 Å². The predicted octanol–water partition coefficient (Wildman–Crippen LogP) is 2.79. The molecule has 19 heavy (non-hydrogen) atoms. The van der Waals surface area contributed by atoms with Crippen molar-refractivity contribution in [2.24, 2.45) is 0 Å². The monoisotopic (exact) mass is 242 g/mol. The summed E-state index contributed by atoms with van der Waals surface area (Å²) in [6, 6.07) is 9.61. The Bertz CT molecular complexity index is 879.